The largest absolute Gasteiger partial charge is 0.497 e. The lowest BCUT2D eigenvalue weighted by Gasteiger charge is -2.32. The molecule has 0 aliphatic carbocycles. The molecule has 1 fully saturated rings. The number of sulfone groups is 1. The number of piperidine rings is 1. The first kappa shape index (κ1) is 22.0. The Morgan fingerprint density at radius 1 is 0.875 bits per heavy atom. The zero-order valence-electron chi connectivity index (χ0n) is 17.7. The van der Waals surface area contributed by atoms with Gasteiger partial charge in [0.1, 0.15) is 11.6 Å². The van der Waals surface area contributed by atoms with Gasteiger partial charge in [-0.1, -0.05) is 24.3 Å². The lowest BCUT2D eigenvalue weighted by molar-refractivity contribution is 0.0725. The number of likely N-dealkylation sites (tertiary alicyclic amines) is 1. The minimum Gasteiger partial charge on any atom is -0.497 e. The summed E-state index contributed by atoms with van der Waals surface area (Å²) in [6, 6.07) is 19.8. The Hall–Kier alpha value is -3.19. The fourth-order valence-electron chi connectivity index (χ4n) is 3.96. The summed E-state index contributed by atoms with van der Waals surface area (Å²) in [6.45, 7) is 0.775. The Kier molecular flexibility index (Phi) is 6.28. The number of methoxy groups -OCH3 is 1. The summed E-state index contributed by atoms with van der Waals surface area (Å²) in [6.07, 6.45) is 0.793. The molecule has 7 heteroatoms. The van der Waals surface area contributed by atoms with Crippen LogP contribution in [0.1, 0.15) is 23.2 Å². The molecule has 166 valence electrons. The van der Waals surface area contributed by atoms with E-state index in [-0.39, 0.29) is 16.6 Å². The monoisotopic (exact) mass is 453 g/mol. The van der Waals surface area contributed by atoms with Crippen molar-refractivity contribution in [1.82, 2.24) is 4.90 Å². The van der Waals surface area contributed by atoms with Crippen molar-refractivity contribution in [3.05, 3.63) is 84.2 Å². The van der Waals surface area contributed by atoms with Crippen molar-refractivity contribution in [2.24, 2.45) is 0 Å². The molecule has 0 unspecified atom stereocenters. The number of ether oxygens (including phenoxy) is 1. The Bertz CT molecular complexity index is 1180. The summed E-state index contributed by atoms with van der Waals surface area (Å²) >= 11 is 0. The first-order chi connectivity index (χ1) is 15.4. The maximum absolute atomic E-state index is 13.1. The van der Waals surface area contributed by atoms with Crippen LogP contribution in [0.25, 0.3) is 11.1 Å². The molecule has 0 radical (unpaired) electrons. The van der Waals surface area contributed by atoms with Crippen LogP contribution in [-0.4, -0.2) is 44.7 Å². The van der Waals surface area contributed by atoms with Crippen molar-refractivity contribution in [1.29, 1.82) is 0 Å². The quantitative estimate of drug-likeness (QED) is 0.567. The van der Waals surface area contributed by atoms with Gasteiger partial charge in [0, 0.05) is 18.7 Å². The number of hydrogen-bond acceptors (Lipinski definition) is 4. The predicted molar refractivity (Wildman–Crippen MR) is 121 cm³/mol. The first-order valence-electron chi connectivity index (χ1n) is 10.4. The smallest absolute Gasteiger partial charge is 0.253 e. The van der Waals surface area contributed by atoms with Crippen LogP contribution in [-0.2, 0) is 9.84 Å². The summed E-state index contributed by atoms with van der Waals surface area (Å²) in [5, 5.41) is -0.513. The van der Waals surface area contributed by atoms with Crippen LogP contribution in [0.4, 0.5) is 4.39 Å². The average molecular weight is 454 g/mol. The summed E-state index contributed by atoms with van der Waals surface area (Å²) < 4.78 is 44.1. The minimum absolute atomic E-state index is 0.115. The highest BCUT2D eigenvalue weighted by Crippen LogP contribution is 2.27. The maximum atomic E-state index is 13.1. The van der Waals surface area contributed by atoms with Gasteiger partial charge in [0.15, 0.2) is 9.84 Å². The van der Waals surface area contributed by atoms with Gasteiger partial charge in [-0.2, -0.15) is 0 Å². The second kappa shape index (κ2) is 9.12. The molecule has 3 aromatic carbocycles. The van der Waals surface area contributed by atoms with E-state index in [4.69, 9.17) is 4.74 Å². The van der Waals surface area contributed by atoms with Gasteiger partial charge in [-0.25, -0.2) is 12.8 Å². The molecule has 4 rings (SSSR count). The molecule has 0 aromatic heterocycles. The molecule has 1 aliphatic heterocycles. The molecule has 1 aliphatic rings. The molecule has 0 atom stereocenters. The number of rotatable bonds is 5. The van der Waals surface area contributed by atoms with E-state index in [0.717, 1.165) is 11.1 Å². The third-order valence-electron chi connectivity index (χ3n) is 5.87. The van der Waals surface area contributed by atoms with E-state index in [0.29, 0.717) is 37.2 Å². The van der Waals surface area contributed by atoms with Crippen molar-refractivity contribution in [2.75, 3.05) is 20.2 Å². The van der Waals surface area contributed by atoms with Gasteiger partial charge in [0.25, 0.3) is 5.91 Å². The number of carbonyl (C=O) groups excluding carboxylic acids is 1. The molecule has 0 saturated carbocycles. The van der Waals surface area contributed by atoms with E-state index >= 15 is 0 Å². The van der Waals surface area contributed by atoms with E-state index in [9.17, 15) is 17.6 Å². The van der Waals surface area contributed by atoms with Crippen LogP contribution in [0.3, 0.4) is 0 Å². The lowest BCUT2D eigenvalue weighted by atomic mass is 10.0. The second-order valence-electron chi connectivity index (χ2n) is 7.80. The highest BCUT2D eigenvalue weighted by Gasteiger charge is 2.33. The highest BCUT2D eigenvalue weighted by atomic mass is 32.2. The van der Waals surface area contributed by atoms with Crippen molar-refractivity contribution >= 4 is 15.7 Å². The summed E-state index contributed by atoms with van der Waals surface area (Å²) in [4.78, 5) is 14.9. The molecule has 1 heterocycles. The Morgan fingerprint density at radius 2 is 1.41 bits per heavy atom. The molecule has 0 N–H and O–H groups in total. The van der Waals surface area contributed by atoms with E-state index in [1.807, 2.05) is 12.1 Å². The topological polar surface area (TPSA) is 63.7 Å². The molecule has 0 spiro atoms. The Balaban J connectivity index is 1.40. The average Bonchev–Trinajstić information content (AvgIpc) is 2.84. The predicted octanol–water partition coefficient (Wildman–Crippen LogP) is 4.58. The fourth-order valence-corrected chi connectivity index (χ4v) is 5.69. The molecule has 1 saturated heterocycles. The third kappa shape index (κ3) is 4.53. The maximum Gasteiger partial charge on any atom is 0.253 e. The molecular weight excluding hydrogens is 429 g/mol. The normalized spacial score (nSPS) is 14.9. The van der Waals surface area contributed by atoms with E-state index < -0.39 is 15.1 Å². The SMILES string of the molecule is COc1ccc(S(=O)(=O)C2CCN(C(=O)c3ccc(-c4ccc(F)cc4)cc3)CC2)cc1. The Labute approximate surface area is 187 Å². The van der Waals surface area contributed by atoms with Gasteiger partial charge in [0.2, 0.25) is 0 Å². The Morgan fingerprint density at radius 3 is 1.94 bits per heavy atom. The molecule has 1 amide bonds. The van der Waals surface area contributed by atoms with Crippen LogP contribution in [0.2, 0.25) is 0 Å². The highest BCUT2D eigenvalue weighted by molar-refractivity contribution is 7.92. The van der Waals surface area contributed by atoms with E-state index in [1.54, 1.807) is 53.4 Å². The summed E-state index contributed by atoms with van der Waals surface area (Å²) in [5.74, 6) is 0.198. The zero-order chi connectivity index (χ0) is 22.7. The molecule has 3 aromatic rings. The van der Waals surface area contributed by atoms with Gasteiger partial charge < -0.3 is 9.64 Å². The van der Waals surface area contributed by atoms with Crippen LogP contribution in [0, 0.1) is 5.82 Å². The van der Waals surface area contributed by atoms with Crippen LogP contribution < -0.4 is 4.74 Å². The van der Waals surface area contributed by atoms with Crippen molar-refractivity contribution in [3.63, 3.8) is 0 Å². The number of hydrogen-bond donors (Lipinski definition) is 0. The van der Waals surface area contributed by atoms with Gasteiger partial charge >= 0.3 is 0 Å². The fraction of sp³-hybridized carbons (Fsp3) is 0.240. The van der Waals surface area contributed by atoms with Gasteiger partial charge in [-0.15, -0.1) is 0 Å². The van der Waals surface area contributed by atoms with Crippen LogP contribution >= 0.6 is 0 Å². The first-order valence-corrected chi connectivity index (χ1v) is 12.0. The number of halogens is 1. The van der Waals surface area contributed by atoms with Crippen molar-refractivity contribution < 1.29 is 22.3 Å². The van der Waals surface area contributed by atoms with Crippen LogP contribution in [0.5, 0.6) is 5.75 Å². The number of benzene rings is 3. The van der Waals surface area contributed by atoms with Crippen LogP contribution in [0.15, 0.2) is 77.7 Å². The van der Waals surface area contributed by atoms with E-state index in [2.05, 4.69) is 0 Å². The van der Waals surface area contributed by atoms with Crippen molar-refractivity contribution in [3.8, 4) is 16.9 Å². The number of nitrogens with zero attached hydrogens (tertiary/aromatic N) is 1. The number of carbonyl (C=O) groups is 1. The molecular formula is C25H24FNO4S. The number of amides is 1. The molecule has 32 heavy (non-hydrogen) atoms. The zero-order valence-corrected chi connectivity index (χ0v) is 18.5. The van der Waals surface area contributed by atoms with Gasteiger partial charge in [0.05, 0.1) is 17.3 Å². The third-order valence-corrected chi connectivity index (χ3v) is 8.14. The summed E-state index contributed by atoms with van der Waals surface area (Å²) in [7, 11) is -1.93. The second-order valence-corrected chi connectivity index (χ2v) is 10.0. The van der Waals surface area contributed by atoms with Gasteiger partial charge in [-0.05, 0) is 72.5 Å². The van der Waals surface area contributed by atoms with Gasteiger partial charge in [-0.3, -0.25) is 4.79 Å². The molecule has 5 nitrogen and oxygen atoms in total. The lowest BCUT2D eigenvalue weighted by Crippen LogP contribution is -2.42. The van der Waals surface area contributed by atoms with Crippen molar-refractivity contribution in [2.45, 2.75) is 23.0 Å². The standard InChI is InChI=1S/C25H24FNO4S/c1-31-22-10-12-23(13-11-22)32(29,30)24-14-16-27(17-15-24)25(28)20-4-2-18(3-5-20)19-6-8-21(26)9-7-19/h2-13,24H,14-17H2,1H3. The van der Waals surface area contributed by atoms with E-state index in [1.165, 1.54) is 19.2 Å². The minimum atomic E-state index is -3.46. The summed E-state index contributed by atoms with van der Waals surface area (Å²) in [5.41, 5.74) is 2.31. The molecule has 0 bridgehead atoms.